The summed E-state index contributed by atoms with van der Waals surface area (Å²) in [7, 11) is 1.94. The summed E-state index contributed by atoms with van der Waals surface area (Å²) >= 11 is 0. The maximum absolute atomic E-state index is 5.67. The number of nitrogens with two attached hydrogens (primary N) is 1. The van der Waals surface area contributed by atoms with Gasteiger partial charge < -0.3 is 10.5 Å². The number of hydrogen-bond acceptors (Lipinski definition) is 5. The molecule has 0 saturated heterocycles. The molecule has 94 valence electrons. The van der Waals surface area contributed by atoms with E-state index in [1.165, 1.54) is 0 Å². The molecular formula is C12H15N5O. The van der Waals surface area contributed by atoms with E-state index in [1.807, 2.05) is 11.7 Å². The summed E-state index contributed by atoms with van der Waals surface area (Å²) in [6.07, 6.45) is 1.62. The molecule has 18 heavy (non-hydrogen) atoms. The fourth-order valence-corrected chi connectivity index (χ4v) is 2.43. The minimum atomic E-state index is 0.253. The third-order valence-corrected chi connectivity index (χ3v) is 3.09. The molecule has 0 unspecified atom stereocenters. The van der Waals surface area contributed by atoms with Gasteiger partial charge in [0.2, 0.25) is 5.95 Å². The van der Waals surface area contributed by atoms with Crippen molar-refractivity contribution in [2.45, 2.75) is 26.4 Å². The topological polar surface area (TPSA) is 78.8 Å². The van der Waals surface area contributed by atoms with Crippen LogP contribution in [0.4, 0.5) is 5.95 Å². The van der Waals surface area contributed by atoms with Crippen molar-refractivity contribution in [3.05, 3.63) is 17.6 Å². The van der Waals surface area contributed by atoms with Crippen LogP contribution < -0.4 is 10.5 Å². The molecule has 0 aromatic carbocycles. The van der Waals surface area contributed by atoms with Gasteiger partial charge in [-0.05, 0) is 5.92 Å². The zero-order valence-corrected chi connectivity index (χ0v) is 10.6. The quantitative estimate of drug-likeness (QED) is 0.823. The molecule has 3 rings (SSSR count). The fourth-order valence-electron chi connectivity index (χ4n) is 2.43. The molecule has 0 saturated carbocycles. The van der Waals surface area contributed by atoms with E-state index in [-0.39, 0.29) is 5.95 Å². The van der Waals surface area contributed by atoms with Crippen LogP contribution in [0.2, 0.25) is 0 Å². The van der Waals surface area contributed by atoms with Crippen LogP contribution in [0.3, 0.4) is 0 Å². The Morgan fingerprint density at radius 2 is 2.22 bits per heavy atom. The highest BCUT2D eigenvalue weighted by Crippen LogP contribution is 2.39. The molecule has 2 N–H and O–H groups in total. The fraction of sp³-hybridized carbons (Fsp3) is 0.417. The van der Waals surface area contributed by atoms with Gasteiger partial charge in [-0.2, -0.15) is 5.10 Å². The maximum atomic E-state index is 5.67. The summed E-state index contributed by atoms with van der Waals surface area (Å²) in [6, 6.07) is 0. The molecule has 0 aliphatic carbocycles. The van der Waals surface area contributed by atoms with Gasteiger partial charge in [0.1, 0.15) is 18.0 Å². The maximum Gasteiger partial charge on any atom is 0.220 e. The first kappa shape index (κ1) is 11.0. The Balaban J connectivity index is 2.30. The Labute approximate surface area is 105 Å². The summed E-state index contributed by atoms with van der Waals surface area (Å²) < 4.78 is 7.49. The number of nitrogen functional groups attached to an aromatic ring is 1. The number of fused-ring (bicyclic) bond motifs is 3. The zero-order valence-electron chi connectivity index (χ0n) is 10.6. The first-order valence-electron chi connectivity index (χ1n) is 5.89. The van der Waals surface area contributed by atoms with Crippen LogP contribution in [0.15, 0.2) is 6.20 Å². The van der Waals surface area contributed by atoms with Crippen molar-refractivity contribution >= 4 is 5.95 Å². The highest BCUT2D eigenvalue weighted by molar-refractivity contribution is 5.73. The summed E-state index contributed by atoms with van der Waals surface area (Å²) in [5.74, 6) is 1.28. The van der Waals surface area contributed by atoms with Crippen molar-refractivity contribution in [3.8, 4) is 17.0 Å². The van der Waals surface area contributed by atoms with Crippen LogP contribution in [0, 0.1) is 0 Å². The average Bonchev–Trinajstić information content (AvgIpc) is 2.65. The van der Waals surface area contributed by atoms with Crippen molar-refractivity contribution in [1.82, 2.24) is 19.7 Å². The van der Waals surface area contributed by atoms with E-state index in [2.05, 4.69) is 28.9 Å². The summed E-state index contributed by atoms with van der Waals surface area (Å²) in [5, 5.41) is 4.49. The van der Waals surface area contributed by atoms with E-state index < -0.39 is 0 Å². The molecule has 2 aromatic rings. The zero-order chi connectivity index (χ0) is 12.9. The average molecular weight is 245 g/mol. The number of aryl methyl sites for hydroxylation is 1. The van der Waals surface area contributed by atoms with Crippen LogP contribution >= 0.6 is 0 Å². The molecule has 0 fully saturated rings. The highest BCUT2D eigenvalue weighted by atomic mass is 16.5. The molecule has 0 bridgehead atoms. The first-order valence-corrected chi connectivity index (χ1v) is 5.89. The van der Waals surface area contributed by atoms with E-state index in [0.717, 1.165) is 22.6 Å². The van der Waals surface area contributed by atoms with Gasteiger partial charge in [0.15, 0.2) is 5.75 Å². The molecule has 1 aliphatic heterocycles. The normalized spacial score (nSPS) is 13.1. The minimum Gasteiger partial charge on any atom is -0.483 e. The van der Waals surface area contributed by atoms with E-state index in [9.17, 15) is 0 Å². The van der Waals surface area contributed by atoms with Crippen molar-refractivity contribution in [2.75, 3.05) is 5.73 Å². The van der Waals surface area contributed by atoms with Crippen LogP contribution in [0.1, 0.15) is 31.2 Å². The summed E-state index contributed by atoms with van der Waals surface area (Å²) in [5.41, 5.74) is 9.52. The minimum absolute atomic E-state index is 0.253. The lowest BCUT2D eigenvalue weighted by molar-refractivity contribution is 0.294. The Morgan fingerprint density at radius 1 is 1.44 bits per heavy atom. The predicted octanol–water partition coefficient (Wildman–Crippen LogP) is 1.48. The summed E-state index contributed by atoms with van der Waals surface area (Å²) in [4.78, 5) is 8.26. The SMILES string of the molecule is CC(C)c1c2c(nn1C)COc1cnc(N)nc1-2. The number of ether oxygens (including phenoxy) is 1. The first-order chi connectivity index (χ1) is 8.58. The highest BCUT2D eigenvalue weighted by Gasteiger charge is 2.28. The lowest BCUT2D eigenvalue weighted by Crippen LogP contribution is -2.09. The number of nitrogens with zero attached hydrogens (tertiary/aromatic N) is 4. The molecule has 6 heteroatoms. The van der Waals surface area contributed by atoms with Gasteiger partial charge in [-0.25, -0.2) is 9.97 Å². The molecule has 3 heterocycles. The van der Waals surface area contributed by atoms with Gasteiger partial charge in [0.25, 0.3) is 0 Å². The van der Waals surface area contributed by atoms with Gasteiger partial charge in [0, 0.05) is 7.05 Å². The predicted molar refractivity (Wildman–Crippen MR) is 67.1 cm³/mol. The number of rotatable bonds is 1. The molecule has 1 aliphatic rings. The van der Waals surface area contributed by atoms with E-state index in [4.69, 9.17) is 10.5 Å². The second-order valence-corrected chi connectivity index (χ2v) is 4.71. The van der Waals surface area contributed by atoms with Crippen LogP contribution in [-0.4, -0.2) is 19.7 Å². The smallest absolute Gasteiger partial charge is 0.220 e. The standard InChI is InChI=1S/C12H15N5O/c1-6(2)11-9-7(16-17(11)3)5-18-8-4-14-12(13)15-10(8)9/h4,6H,5H2,1-3H3,(H2,13,14,15). The van der Waals surface area contributed by atoms with Crippen molar-refractivity contribution in [1.29, 1.82) is 0 Å². The Morgan fingerprint density at radius 3 is 2.94 bits per heavy atom. The third kappa shape index (κ3) is 1.45. The monoisotopic (exact) mass is 245 g/mol. The summed E-state index contributed by atoms with van der Waals surface area (Å²) in [6.45, 7) is 4.73. The Kier molecular flexibility index (Phi) is 2.26. The van der Waals surface area contributed by atoms with Gasteiger partial charge in [0.05, 0.1) is 17.5 Å². The van der Waals surface area contributed by atoms with Gasteiger partial charge in [-0.15, -0.1) is 0 Å². The van der Waals surface area contributed by atoms with E-state index in [1.54, 1.807) is 6.20 Å². The molecule has 0 atom stereocenters. The Bertz CT molecular complexity index is 617. The van der Waals surface area contributed by atoms with Crippen molar-refractivity contribution < 1.29 is 4.74 Å². The lowest BCUT2D eigenvalue weighted by atomic mass is 9.99. The van der Waals surface area contributed by atoms with Crippen LogP contribution in [-0.2, 0) is 13.7 Å². The number of aromatic nitrogens is 4. The van der Waals surface area contributed by atoms with Crippen molar-refractivity contribution in [2.24, 2.45) is 7.05 Å². The van der Waals surface area contributed by atoms with E-state index in [0.29, 0.717) is 18.3 Å². The van der Waals surface area contributed by atoms with Crippen LogP contribution in [0.5, 0.6) is 5.75 Å². The largest absolute Gasteiger partial charge is 0.483 e. The van der Waals surface area contributed by atoms with Gasteiger partial charge in [-0.3, -0.25) is 4.68 Å². The molecule has 0 radical (unpaired) electrons. The van der Waals surface area contributed by atoms with Gasteiger partial charge >= 0.3 is 0 Å². The van der Waals surface area contributed by atoms with Crippen LogP contribution in [0.25, 0.3) is 11.3 Å². The second kappa shape index (κ2) is 3.69. The second-order valence-electron chi connectivity index (χ2n) is 4.71. The van der Waals surface area contributed by atoms with Crippen molar-refractivity contribution in [3.63, 3.8) is 0 Å². The van der Waals surface area contributed by atoms with E-state index >= 15 is 0 Å². The third-order valence-electron chi connectivity index (χ3n) is 3.09. The molecule has 0 spiro atoms. The molecule has 0 amide bonds. The molecule has 2 aromatic heterocycles. The number of hydrogen-bond donors (Lipinski definition) is 1. The van der Waals surface area contributed by atoms with Gasteiger partial charge in [-0.1, -0.05) is 13.8 Å². The lowest BCUT2D eigenvalue weighted by Gasteiger charge is -2.17. The molecular weight excluding hydrogens is 230 g/mol. The Hall–Kier alpha value is -2.11. The number of anilines is 1. The molecule has 6 nitrogen and oxygen atoms in total.